The SMILES string of the molecule is C=Cc1c(C)c2cc3nc(c(CC(=O)OC)c4nc(cc5[nH]c(cc1[nH]2)c(C)c5CC)C(C)=C4C(=O)NCCOCCO)C(CCC(=O)OC)C3C. The third kappa shape index (κ3) is 7.58. The molecular weight excluding hydrogens is 662 g/mol. The minimum atomic E-state index is -0.521. The highest BCUT2D eigenvalue weighted by molar-refractivity contribution is 6.27. The van der Waals surface area contributed by atoms with Gasteiger partial charge in [-0.2, -0.15) is 0 Å². The van der Waals surface area contributed by atoms with Gasteiger partial charge in [0, 0.05) is 63.7 Å². The summed E-state index contributed by atoms with van der Waals surface area (Å²) >= 11 is 0. The second-order valence-electron chi connectivity index (χ2n) is 13.1. The van der Waals surface area contributed by atoms with Crippen LogP contribution in [0.5, 0.6) is 0 Å². The van der Waals surface area contributed by atoms with E-state index in [0.29, 0.717) is 40.2 Å². The summed E-state index contributed by atoms with van der Waals surface area (Å²) in [5.74, 6) is -1.75. The van der Waals surface area contributed by atoms with Crippen molar-refractivity contribution in [3.63, 3.8) is 0 Å². The van der Waals surface area contributed by atoms with E-state index in [2.05, 4.69) is 41.8 Å². The molecule has 2 atom stereocenters. The lowest BCUT2D eigenvalue weighted by molar-refractivity contribution is -0.141. The summed E-state index contributed by atoms with van der Waals surface area (Å²) < 4.78 is 15.6. The van der Waals surface area contributed by atoms with Gasteiger partial charge in [0.05, 0.1) is 63.1 Å². The number of aliphatic hydroxyl groups is 1. The van der Waals surface area contributed by atoms with E-state index in [1.807, 2.05) is 39.0 Å². The smallest absolute Gasteiger partial charge is 0.310 e. The molecule has 3 aromatic heterocycles. The molecule has 8 bridgehead atoms. The molecule has 0 fully saturated rings. The predicted molar refractivity (Wildman–Crippen MR) is 201 cm³/mol. The Morgan fingerprint density at radius 2 is 1.65 bits per heavy atom. The van der Waals surface area contributed by atoms with E-state index in [-0.39, 0.29) is 62.9 Å². The van der Waals surface area contributed by atoms with Crippen LogP contribution in [-0.2, 0) is 41.4 Å². The third-order valence-corrected chi connectivity index (χ3v) is 10.2. The molecule has 5 rings (SSSR count). The molecule has 0 saturated carbocycles. The number of nitrogens with zero attached hydrogens (tertiary/aromatic N) is 2. The van der Waals surface area contributed by atoms with Crippen LogP contribution in [0.2, 0.25) is 0 Å². The van der Waals surface area contributed by atoms with Crippen molar-refractivity contribution in [2.75, 3.05) is 40.6 Å². The number of aromatic nitrogens is 4. The fourth-order valence-electron chi connectivity index (χ4n) is 7.20. The number of rotatable bonds is 13. The van der Waals surface area contributed by atoms with E-state index in [9.17, 15) is 14.4 Å². The van der Waals surface area contributed by atoms with Crippen LogP contribution >= 0.6 is 0 Å². The predicted octanol–water partition coefficient (Wildman–Crippen LogP) is 5.75. The second kappa shape index (κ2) is 16.5. The molecule has 1 amide bonds. The van der Waals surface area contributed by atoms with Crippen LogP contribution in [0.3, 0.4) is 0 Å². The summed E-state index contributed by atoms with van der Waals surface area (Å²) in [6.07, 6.45) is 2.92. The Hall–Kier alpha value is -5.07. The van der Waals surface area contributed by atoms with Crippen LogP contribution in [0.1, 0.15) is 96.0 Å². The van der Waals surface area contributed by atoms with E-state index in [0.717, 1.165) is 56.4 Å². The number of hydrogen-bond donors (Lipinski definition) is 4. The Labute approximate surface area is 303 Å². The first-order chi connectivity index (χ1) is 25.0. The molecule has 0 radical (unpaired) electrons. The van der Waals surface area contributed by atoms with Gasteiger partial charge in [-0.3, -0.25) is 19.4 Å². The molecule has 0 saturated heterocycles. The number of esters is 2. The lowest BCUT2D eigenvalue weighted by Crippen LogP contribution is -2.29. The lowest BCUT2D eigenvalue weighted by atomic mass is 9.84. The molecule has 276 valence electrons. The molecule has 2 unspecified atom stereocenters. The zero-order chi connectivity index (χ0) is 37.7. The number of carbonyl (C=O) groups excluding carboxylic acids is 3. The van der Waals surface area contributed by atoms with Crippen molar-refractivity contribution in [3.8, 4) is 0 Å². The van der Waals surface area contributed by atoms with Crippen LogP contribution in [0.4, 0.5) is 0 Å². The molecule has 12 heteroatoms. The maximum atomic E-state index is 14.1. The molecule has 2 aliphatic rings. The fraction of sp³-hybridized carbons (Fsp3) is 0.425. The number of amides is 1. The average Bonchev–Trinajstić information content (AvgIpc) is 3.81. The van der Waals surface area contributed by atoms with Gasteiger partial charge in [0.15, 0.2) is 0 Å². The van der Waals surface area contributed by atoms with E-state index in [1.54, 1.807) is 0 Å². The summed E-state index contributed by atoms with van der Waals surface area (Å²) in [6, 6.07) is 6.05. The maximum Gasteiger partial charge on any atom is 0.310 e. The van der Waals surface area contributed by atoms with Crippen LogP contribution in [0.25, 0.3) is 39.3 Å². The first-order valence-electron chi connectivity index (χ1n) is 17.7. The van der Waals surface area contributed by atoms with Gasteiger partial charge in [-0.1, -0.05) is 26.5 Å². The molecule has 5 heterocycles. The number of fused-ring (bicyclic) bond motifs is 8. The zero-order valence-corrected chi connectivity index (χ0v) is 31.1. The van der Waals surface area contributed by atoms with E-state index >= 15 is 0 Å². The highest BCUT2D eigenvalue weighted by Gasteiger charge is 2.35. The minimum absolute atomic E-state index is 0.124. The summed E-state index contributed by atoms with van der Waals surface area (Å²) in [5, 5.41) is 12.0. The summed E-state index contributed by atoms with van der Waals surface area (Å²) in [4.78, 5) is 57.2. The van der Waals surface area contributed by atoms with Crippen molar-refractivity contribution in [2.24, 2.45) is 0 Å². The Balaban J connectivity index is 1.93. The largest absolute Gasteiger partial charge is 0.469 e. The number of H-pyrrole nitrogens is 2. The number of methoxy groups -OCH3 is 2. The number of allylic oxidation sites excluding steroid dienone is 1. The number of aryl methyl sites for hydroxylation is 3. The number of aliphatic hydroxyl groups excluding tert-OH is 1. The van der Waals surface area contributed by atoms with Crippen molar-refractivity contribution in [1.82, 2.24) is 25.3 Å². The normalized spacial score (nSPS) is 15.5. The van der Waals surface area contributed by atoms with Crippen molar-refractivity contribution < 1.29 is 33.7 Å². The third-order valence-electron chi connectivity index (χ3n) is 10.2. The van der Waals surface area contributed by atoms with Gasteiger partial charge in [-0.15, -0.1) is 0 Å². The Morgan fingerprint density at radius 3 is 2.33 bits per heavy atom. The number of ether oxygens (including phenoxy) is 3. The topological polar surface area (TPSA) is 169 Å². The van der Waals surface area contributed by atoms with Gasteiger partial charge < -0.3 is 34.6 Å². The summed E-state index contributed by atoms with van der Waals surface area (Å²) in [7, 11) is 2.67. The molecular formula is C40H49N5O7. The first kappa shape index (κ1) is 38.2. The van der Waals surface area contributed by atoms with Crippen LogP contribution in [0, 0.1) is 13.8 Å². The minimum Gasteiger partial charge on any atom is -0.469 e. The standard InChI is InChI=1S/C40H49N5O7/c1-9-25-21(3)29-18-31-23(5)27(11-12-35(47)50-7)38(44-31)28(17-36(48)51-8)39-37(40(49)41-13-15-52-16-14-46)24(6)32(45-39)20-34-26(10-2)22(4)30(43-34)19-33(25)42-29/h9,18-20,23,27,42-43,46H,1,10-17H2,2-8H3,(H,41,49). The average molecular weight is 712 g/mol. The van der Waals surface area contributed by atoms with E-state index < -0.39 is 5.97 Å². The second-order valence-corrected chi connectivity index (χ2v) is 13.1. The summed E-state index contributed by atoms with van der Waals surface area (Å²) in [6.45, 7) is 14.6. The van der Waals surface area contributed by atoms with Crippen LogP contribution < -0.4 is 5.32 Å². The van der Waals surface area contributed by atoms with Gasteiger partial charge in [-0.05, 0) is 74.1 Å². The van der Waals surface area contributed by atoms with Gasteiger partial charge >= 0.3 is 11.9 Å². The molecule has 52 heavy (non-hydrogen) atoms. The molecule has 0 spiro atoms. The van der Waals surface area contributed by atoms with E-state index in [1.165, 1.54) is 14.2 Å². The number of nitrogens with one attached hydrogen (secondary N) is 3. The molecule has 3 aromatic rings. The Morgan fingerprint density at radius 1 is 0.942 bits per heavy atom. The van der Waals surface area contributed by atoms with E-state index in [4.69, 9.17) is 29.3 Å². The fourth-order valence-corrected chi connectivity index (χ4v) is 7.20. The summed E-state index contributed by atoms with van der Waals surface area (Å²) in [5.41, 5.74) is 11.3. The first-order valence-corrected chi connectivity index (χ1v) is 17.7. The molecule has 0 aliphatic carbocycles. The molecule has 12 nitrogen and oxygen atoms in total. The van der Waals surface area contributed by atoms with Crippen LogP contribution in [0.15, 0.2) is 24.8 Å². The Bertz CT molecular complexity index is 2090. The lowest BCUT2D eigenvalue weighted by Gasteiger charge is -2.18. The van der Waals surface area contributed by atoms with Gasteiger partial charge in [0.1, 0.15) is 0 Å². The monoisotopic (exact) mass is 711 g/mol. The van der Waals surface area contributed by atoms with Gasteiger partial charge in [0.25, 0.3) is 5.91 Å². The van der Waals surface area contributed by atoms with Crippen molar-refractivity contribution in [2.45, 2.75) is 72.1 Å². The van der Waals surface area contributed by atoms with Crippen molar-refractivity contribution in [1.29, 1.82) is 0 Å². The highest BCUT2D eigenvalue weighted by atomic mass is 16.5. The maximum absolute atomic E-state index is 14.1. The number of aromatic amines is 2. The van der Waals surface area contributed by atoms with Gasteiger partial charge in [-0.25, -0.2) is 4.98 Å². The van der Waals surface area contributed by atoms with Crippen molar-refractivity contribution >= 4 is 57.1 Å². The van der Waals surface area contributed by atoms with Gasteiger partial charge in [0.2, 0.25) is 0 Å². The molecule has 0 aromatic carbocycles. The Kier molecular flexibility index (Phi) is 12.1. The van der Waals surface area contributed by atoms with Crippen molar-refractivity contribution in [3.05, 3.63) is 75.4 Å². The van der Waals surface area contributed by atoms with Crippen LogP contribution in [-0.4, -0.2) is 83.5 Å². The zero-order valence-electron chi connectivity index (χ0n) is 31.1. The molecule has 2 aliphatic heterocycles. The number of hydrogen-bond acceptors (Lipinski definition) is 9. The number of carbonyl (C=O) groups is 3. The molecule has 4 N–H and O–H groups in total. The quantitative estimate of drug-likeness (QED) is 0.127. The highest BCUT2D eigenvalue weighted by Crippen LogP contribution is 2.44.